The number of thiophene rings is 1. The second-order valence-electron chi connectivity index (χ2n) is 4.55. The van der Waals surface area contributed by atoms with Crippen molar-refractivity contribution >= 4 is 17.2 Å². The van der Waals surface area contributed by atoms with E-state index in [2.05, 4.69) is 15.5 Å². The van der Waals surface area contributed by atoms with Gasteiger partial charge in [-0.1, -0.05) is 6.07 Å². The lowest BCUT2D eigenvalue weighted by Gasteiger charge is -2.26. The van der Waals surface area contributed by atoms with Crippen LogP contribution in [0.2, 0.25) is 0 Å². The van der Waals surface area contributed by atoms with E-state index in [1.54, 1.807) is 11.3 Å². The highest BCUT2D eigenvalue weighted by Crippen LogP contribution is 2.07. The van der Waals surface area contributed by atoms with E-state index < -0.39 is 0 Å². The van der Waals surface area contributed by atoms with Gasteiger partial charge in [0.15, 0.2) is 0 Å². The highest BCUT2D eigenvalue weighted by molar-refractivity contribution is 7.09. The van der Waals surface area contributed by atoms with Gasteiger partial charge < -0.3 is 15.5 Å². The average molecular weight is 267 g/mol. The summed E-state index contributed by atoms with van der Waals surface area (Å²) in [4.78, 5) is 15.3. The third kappa shape index (κ3) is 4.76. The van der Waals surface area contributed by atoms with Crippen LogP contribution in [-0.4, -0.2) is 43.5 Å². The molecule has 1 fully saturated rings. The minimum atomic E-state index is 0.165. The summed E-state index contributed by atoms with van der Waals surface area (Å²) < 4.78 is 0. The SMILES string of the molecule is O=C(CCCN1CCNCC1)NCc1cccs1. The molecule has 0 aliphatic carbocycles. The van der Waals surface area contributed by atoms with Crippen molar-refractivity contribution in [3.05, 3.63) is 22.4 Å². The van der Waals surface area contributed by atoms with E-state index in [4.69, 9.17) is 0 Å². The highest BCUT2D eigenvalue weighted by atomic mass is 32.1. The van der Waals surface area contributed by atoms with Crippen LogP contribution >= 0.6 is 11.3 Å². The Balaban J connectivity index is 1.54. The molecule has 4 nitrogen and oxygen atoms in total. The number of hydrogen-bond donors (Lipinski definition) is 2. The van der Waals surface area contributed by atoms with E-state index in [9.17, 15) is 4.79 Å². The zero-order valence-electron chi connectivity index (χ0n) is 10.7. The lowest BCUT2D eigenvalue weighted by atomic mass is 10.2. The average Bonchev–Trinajstić information content (AvgIpc) is 2.91. The van der Waals surface area contributed by atoms with Gasteiger partial charge in [0, 0.05) is 37.5 Å². The maximum absolute atomic E-state index is 11.6. The quantitative estimate of drug-likeness (QED) is 0.810. The van der Waals surface area contributed by atoms with Crippen molar-refractivity contribution in [1.29, 1.82) is 0 Å². The molecule has 2 heterocycles. The van der Waals surface area contributed by atoms with E-state index >= 15 is 0 Å². The molecule has 18 heavy (non-hydrogen) atoms. The number of rotatable bonds is 6. The molecule has 0 aromatic carbocycles. The molecular weight excluding hydrogens is 246 g/mol. The number of carbonyl (C=O) groups is 1. The fraction of sp³-hybridized carbons (Fsp3) is 0.615. The Morgan fingerprint density at radius 3 is 3.00 bits per heavy atom. The van der Waals surface area contributed by atoms with Crippen molar-refractivity contribution < 1.29 is 4.79 Å². The summed E-state index contributed by atoms with van der Waals surface area (Å²) in [5, 5.41) is 8.33. The van der Waals surface area contributed by atoms with E-state index in [1.807, 2.05) is 17.5 Å². The predicted octanol–water partition coefficient (Wildman–Crippen LogP) is 1.05. The predicted molar refractivity (Wildman–Crippen MR) is 74.7 cm³/mol. The molecule has 0 saturated carbocycles. The number of amides is 1. The second kappa shape index (κ2) is 7.51. The summed E-state index contributed by atoms with van der Waals surface area (Å²) in [5.41, 5.74) is 0. The molecule has 1 aromatic rings. The van der Waals surface area contributed by atoms with Crippen LogP contribution in [0.3, 0.4) is 0 Å². The zero-order chi connectivity index (χ0) is 12.6. The second-order valence-corrected chi connectivity index (χ2v) is 5.58. The van der Waals surface area contributed by atoms with Gasteiger partial charge in [-0.3, -0.25) is 4.79 Å². The van der Waals surface area contributed by atoms with Crippen molar-refractivity contribution in [1.82, 2.24) is 15.5 Å². The molecule has 1 aliphatic rings. The molecule has 5 heteroatoms. The zero-order valence-corrected chi connectivity index (χ0v) is 11.5. The third-order valence-corrected chi connectivity index (χ3v) is 4.00. The molecule has 2 rings (SSSR count). The molecule has 0 radical (unpaired) electrons. The fourth-order valence-corrected chi connectivity index (χ4v) is 2.73. The topological polar surface area (TPSA) is 44.4 Å². The summed E-state index contributed by atoms with van der Waals surface area (Å²) in [5.74, 6) is 0.165. The van der Waals surface area contributed by atoms with Gasteiger partial charge >= 0.3 is 0 Å². The molecule has 1 amide bonds. The number of hydrogen-bond acceptors (Lipinski definition) is 4. The van der Waals surface area contributed by atoms with Gasteiger partial charge in [-0.2, -0.15) is 0 Å². The van der Waals surface area contributed by atoms with Crippen LogP contribution in [0.15, 0.2) is 17.5 Å². The molecule has 2 N–H and O–H groups in total. The lowest BCUT2D eigenvalue weighted by molar-refractivity contribution is -0.121. The summed E-state index contributed by atoms with van der Waals surface area (Å²) in [7, 11) is 0. The Hall–Kier alpha value is -0.910. The molecular formula is C13H21N3OS. The molecule has 0 spiro atoms. The first kappa shape index (κ1) is 13.5. The monoisotopic (exact) mass is 267 g/mol. The van der Waals surface area contributed by atoms with Gasteiger partial charge in [-0.05, 0) is 24.4 Å². The van der Waals surface area contributed by atoms with Crippen LogP contribution in [0.4, 0.5) is 0 Å². The van der Waals surface area contributed by atoms with Crippen molar-refractivity contribution in [2.45, 2.75) is 19.4 Å². The van der Waals surface area contributed by atoms with E-state index in [0.717, 1.165) is 39.1 Å². The van der Waals surface area contributed by atoms with Crippen LogP contribution in [0.1, 0.15) is 17.7 Å². The summed E-state index contributed by atoms with van der Waals surface area (Å²) in [6.45, 7) is 6.07. The Bertz CT molecular complexity index is 347. The first-order chi connectivity index (χ1) is 8.84. The van der Waals surface area contributed by atoms with Gasteiger partial charge in [0.2, 0.25) is 5.91 Å². The summed E-state index contributed by atoms with van der Waals surface area (Å²) >= 11 is 1.68. The third-order valence-electron chi connectivity index (χ3n) is 3.13. The fourth-order valence-electron chi connectivity index (χ4n) is 2.09. The Morgan fingerprint density at radius 1 is 1.44 bits per heavy atom. The van der Waals surface area contributed by atoms with Gasteiger partial charge in [0.05, 0.1) is 6.54 Å². The minimum Gasteiger partial charge on any atom is -0.351 e. The summed E-state index contributed by atoms with van der Waals surface area (Å²) in [6.07, 6.45) is 1.59. The number of nitrogens with zero attached hydrogens (tertiary/aromatic N) is 1. The van der Waals surface area contributed by atoms with Crippen LogP contribution in [0.25, 0.3) is 0 Å². The molecule has 1 aromatic heterocycles. The van der Waals surface area contributed by atoms with Crippen molar-refractivity contribution in [2.75, 3.05) is 32.7 Å². The maximum atomic E-state index is 11.6. The van der Waals surface area contributed by atoms with Crippen LogP contribution < -0.4 is 10.6 Å². The van der Waals surface area contributed by atoms with Crippen molar-refractivity contribution in [2.24, 2.45) is 0 Å². The molecule has 0 atom stereocenters. The standard InChI is InChI=1S/C13H21N3OS/c17-13(15-11-12-3-2-10-18-12)4-1-7-16-8-5-14-6-9-16/h2-3,10,14H,1,4-9,11H2,(H,15,17). The molecule has 1 saturated heterocycles. The molecule has 0 bridgehead atoms. The Labute approximate surface area is 112 Å². The molecule has 0 unspecified atom stereocenters. The first-order valence-electron chi connectivity index (χ1n) is 6.57. The van der Waals surface area contributed by atoms with E-state index in [1.165, 1.54) is 4.88 Å². The molecule has 1 aliphatic heterocycles. The Kier molecular flexibility index (Phi) is 5.64. The van der Waals surface area contributed by atoms with Crippen molar-refractivity contribution in [3.63, 3.8) is 0 Å². The molecule has 100 valence electrons. The largest absolute Gasteiger partial charge is 0.351 e. The van der Waals surface area contributed by atoms with Gasteiger partial charge in [0.1, 0.15) is 0 Å². The van der Waals surface area contributed by atoms with E-state index in [0.29, 0.717) is 13.0 Å². The maximum Gasteiger partial charge on any atom is 0.220 e. The van der Waals surface area contributed by atoms with Gasteiger partial charge in [-0.25, -0.2) is 0 Å². The van der Waals surface area contributed by atoms with E-state index in [-0.39, 0.29) is 5.91 Å². The van der Waals surface area contributed by atoms with Gasteiger partial charge in [-0.15, -0.1) is 11.3 Å². The number of piperazine rings is 1. The lowest BCUT2D eigenvalue weighted by Crippen LogP contribution is -2.43. The minimum absolute atomic E-state index is 0.165. The number of carbonyl (C=O) groups excluding carboxylic acids is 1. The van der Waals surface area contributed by atoms with Gasteiger partial charge in [0.25, 0.3) is 0 Å². The smallest absolute Gasteiger partial charge is 0.220 e. The highest BCUT2D eigenvalue weighted by Gasteiger charge is 2.09. The Morgan fingerprint density at radius 2 is 2.28 bits per heavy atom. The van der Waals surface area contributed by atoms with Crippen LogP contribution in [-0.2, 0) is 11.3 Å². The van der Waals surface area contributed by atoms with Crippen molar-refractivity contribution in [3.8, 4) is 0 Å². The summed E-state index contributed by atoms with van der Waals surface area (Å²) in [6, 6.07) is 4.06. The normalized spacial score (nSPS) is 16.7. The number of nitrogens with one attached hydrogen (secondary N) is 2. The first-order valence-corrected chi connectivity index (χ1v) is 7.45. The van der Waals surface area contributed by atoms with Crippen LogP contribution in [0, 0.1) is 0 Å². The van der Waals surface area contributed by atoms with Crippen LogP contribution in [0.5, 0.6) is 0 Å².